The number of anilines is 1. The summed E-state index contributed by atoms with van der Waals surface area (Å²) >= 11 is 6.02. The molecular formula is C21H19ClN2O4. The van der Waals surface area contributed by atoms with Gasteiger partial charge in [-0.15, -0.1) is 0 Å². The van der Waals surface area contributed by atoms with Crippen molar-refractivity contribution in [2.75, 3.05) is 12.1 Å². The number of amides is 1. The molecule has 1 amide bonds. The van der Waals surface area contributed by atoms with Crippen LogP contribution in [0.25, 0.3) is 6.08 Å². The number of rotatable bonds is 5. The van der Waals surface area contributed by atoms with Crippen LogP contribution in [-0.2, 0) is 9.59 Å². The second-order valence-electron chi connectivity index (χ2n) is 6.08. The number of carbonyl (C=O) groups excluding carboxylic acids is 2. The lowest BCUT2D eigenvalue weighted by Crippen LogP contribution is -2.21. The summed E-state index contributed by atoms with van der Waals surface area (Å²) in [5.41, 5.74) is 2.37. The monoisotopic (exact) mass is 398 g/mol. The summed E-state index contributed by atoms with van der Waals surface area (Å²) in [6.45, 7) is 3.48. The van der Waals surface area contributed by atoms with E-state index in [-0.39, 0.29) is 18.3 Å². The van der Waals surface area contributed by atoms with Crippen LogP contribution in [0.3, 0.4) is 0 Å². The maximum atomic E-state index is 12.8. The molecule has 6 nitrogen and oxygen atoms in total. The van der Waals surface area contributed by atoms with Gasteiger partial charge in [0, 0.05) is 11.4 Å². The number of esters is 1. The van der Waals surface area contributed by atoms with E-state index in [1.807, 2.05) is 0 Å². The van der Waals surface area contributed by atoms with E-state index in [1.54, 1.807) is 62.4 Å². The second kappa shape index (κ2) is 8.27. The minimum atomic E-state index is -0.351. The fourth-order valence-corrected chi connectivity index (χ4v) is 2.87. The van der Waals surface area contributed by atoms with Crippen LogP contribution in [0.2, 0.25) is 5.02 Å². The van der Waals surface area contributed by atoms with Gasteiger partial charge in [0.25, 0.3) is 5.91 Å². The number of methoxy groups -OCH3 is 1. The molecule has 2 aromatic rings. The van der Waals surface area contributed by atoms with E-state index in [4.69, 9.17) is 21.1 Å². The first kappa shape index (κ1) is 19.6. The lowest BCUT2D eigenvalue weighted by Gasteiger charge is -2.12. The number of nitrogens with zero attached hydrogens (tertiary/aromatic N) is 2. The molecule has 0 bridgehead atoms. The van der Waals surface area contributed by atoms with Gasteiger partial charge in [-0.2, -0.15) is 10.1 Å². The average molecular weight is 399 g/mol. The van der Waals surface area contributed by atoms with Crippen molar-refractivity contribution in [2.24, 2.45) is 5.10 Å². The van der Waals surface area contributed by atoms with Crippen molar-refractivity contribution >= 4 is 41.0 Å². The van der Waals surface area contributed by atoms with Crippen LogP contribution >= 0.6 is 11.6 Å². The molecule has 1 heterocycles. The quantitative estimate of drug-likeness (QED) is 0.423. The van der Waals surface area contributed by atoms with Crippen molar-refractivity contribution in [1.29, 1.82) is 0 Å². The number of benzene rings is 2. The maximum absolute atomic E-state index is 12.8. The minimum absolute atomic E-state index is 0.250. The Morgan fingerprint density at radius 1 is 1.21 bits per heavy atom. The van der Waals surface area contributed by atoms with Crippen LogP contribution in [0.1, 0.15) is 25.8 Å². The Hall–Kier alpha value is -3.12. The van der Waals surface area contributed by atoms with Gasteiger partial charge in [0.2, 0.25) is 0 Å². The highest BCUT2D eigenvalue weighted by atomic mass is 35.5. The molecule has 0 spiro atoms. The Morgan fingerprint density at radius 2 is 2.00 bits per heavy atom. The zero-order valence-electron chi connectivity index (χ0n) is 15.7. The number of ether oxygens (including phenoxy) is 2. The molecule has 7 heteroatoms. The third-order valence-corrected chi connectivity index (χ3v) is 4.36. The molecule has 0 N–H and O–H groups in total. The molecule has 0 unspecified atom stereocenters. The molecule has 0 saturated carbocycles. The van der Waals surface area contributed by atoms with Crippen LogP contribution in [0.4, 0.5) is 5.69 Å². The van der Waals surface area contributed by atoms with Crippen molar-refractivity contribution in [3.05, 3.63) is 58.6 Å². The van der Waals surface area contributed by atoms with Gasteiger partial charge in [0.1, 0.15) is 0 Å². The molecule has 28 heavy (non-hydrogen) atoms. The normalized spacial score (nSPS) is 15.0. The molecule has 0 saturated heterocycles. The van der Waals surface area contributed by atoms with Crippen molar-refractivity contribution in [3.63, 3.8) is 0 Å². The fourth-order valence-electron chi connectivity index (χ4n) is 2.69. The Bertz CT molecular complexity index is 998. The molecule has 3 rings (SSSR count). The first-order valence-corrected chi connectivity index (χ1v) is 9.06. The van der Waals surface area contributed by atoms with Gasteiger partial charge >= 0.3 is 5.97 Å². The highest BCUT2D eigenvalue weighted by molar-refractivity contribution is 6.33. The van der Waals surface area contributed by atoms with Crippen molar-refractivity contribution in [2.45, 2.75) is 20.3 Å². The SMILES string of the molecule is CCC(=O)Oc1ccc(C=C2C(=O)N(c3cccc(Cl)c3)N=C2C)cc1OC. The molecule has 0 aliphatic carbocycles. The largest absolute Gasteiger partial charge is 0.493 e. The summed E-state index contributed by atoms with van der Waals surface area (Å²) in [7, 11) is 1.49. The number of hydrogen-bond donors (Lipinski definition) is 0. The molecule has 144 valence electrons. The smallest absolute Gasteiger partial charge is 0.311 e. The average Bonchev–Trinajstić information content (AvgIpc) is 2.97. The summed E-state index contributed by atoms with van der Waals surface area (Å²) in [6.07, 6.45) is 1.98. The summed E-state index contributed by atoms with van der Waals surface area (Å²) in [5.74, 6) is 0.138. The van der Waals surface area contributed by atoms with Gasteiger partial charge < -0.3 is 9.47 Å². The topological polar surface area (TPSA) is 68.2 Å². The predicted molar refractivity (Wildman–Crippen MR) is 109 cm³/mol. The Kier molecular flexibility index (Phi) is 5.80. The lowest BCUT2D eigenvalue weighted by atomic mass is 10.1. The molecule has 2 aromatic carbocycles. The van der Waals surface area contributed by atoms with E-state index in [0.29, 0.717) is 33.5 Å². The Labute approximate surface area is 168 Å². The Balaban J connectivity index is 1.90. The fraction of sp³-hybridized carbons (Fsp3) is 0.190. The summed E-state index contributed by atoms with van der Waals surface area (Å²) in [4.78, 5) is 24.4. The molecule has 0 atom stereocenters. The van der Waals surface area contributed by atoms with Crippen LogP contribution in [0.15, 0.2) is 53.1 Å². The van der Waals surface area contributed by atoms with E-state index in [0.717, 1.165) is 5.56 Å². The number of halogens is 1. The molecular weight excluding hydrogens is 380 g/mol. The van der Waals surface area contributed by atoms with E-state index in [2.05, 4.69) is 5.10 Å². The molecule has 0 radical (unpaired) electrons. The molecule has 1 aliphatic heterocycles. The van der Waals surface area contributed by atoms with Gasteiger partial charge in [-0.25, -0.2) is 0 Å². The van der Waals surface area contributed by atoms with E-state index < -0.39 is 0 Å². The van der Waals surface area contributed by atoms with E-state index >= 15 is 0 Å². The van der Waals surface area contributed by atoms with Gasteiger partial charge in [0.05, 0.1) is 24.1 Å². The minimum Gasteiger partial charge on any atom is -0.493 e. The van der Waals surface area contributed by atoms with Crippen LogP contribution in [0, 0.1) is 0 Å². The zero-order valence-corrected chi connectivity index (χ0v) is 16.5. The maximum Gasteiger partial charge on any atom is 0.311 e. The molecule has 0 aromatic heterocycles. The van der Waals surface area contributed by atoms with Crippen molar-refractivity contribution < 1.29 is 19.1 Å². The first-order valence-electron chi connectivity index (χ1n) is 8.69. The number of hydrogen-bond acceptors (Lipinski definition) is 5. The van der Waals surface area contributed by atoms with E-state index in [1.165, 1.54) is 12.1 Å². The van der Waals surface area contributed by atoms with Crippen LogP contribution in [0.5, 0.6) is 11.5 Å². The highest BCUT2D eigenvalue weighted by Crippen LogP contribution is 2.31. The molecule has 0 fully saturated rings. The predicted octanol–water partition coefficient (Wildman–Crippen LogP) is 4.47. The van der Waals surface area contributed by atoms with Gasteiger partial charge in [-0.05, 0) is 48.9 Å². The molecule has 1 aliphatic rings. The van der Waals surface area contributed by atoms with Gasteiger partial charge in [-0.1, -0.05) is 30.7 Å². The Morgan fingerprint density at radius 3 is 2.68 bits per heavy atom. The van der Waals surface area contributed by atoms with E-state index in [9.17, 15) is 9.59 Å². The standard InChI is InChI=1S/C21H19ClN2O4/c1-4-20(25)28-18-9-8-14(11-19(18)27-3)10-17-13(2)23-24(21(17)26)16-7-5-6-15(22)12-16/h5-12H,4H2,1-3H3. The zero-order chi connectivity index (χ0) is 20.3. The van der Waals surface area contributed by atoms with Crippen molar-refractivity contribution in [1.82, 2.24) is 0 Å². The first-order chi connectivity index (χ1) is 13.4. The summed E-state index contributed by atoms with van der Waals surface area (Å²) in [5, 5.41) is 6.19. The van der Waals surface area contributed by atoms with Crippen LogP contribution in [-0.4, -0.2) is 24.7 Å². The summed E-state index contributed by atoms with van der Waals surface area (Å²) < 4.78 is 10.5. The van der Waals surface area contributed by atoms with Gasteiger partial charge in [-0.3, -0.25) is 9.59 Å². The second-order valence-corrected chi connectivity index (χ2v) is 6.51. The van der Waals surface area contributed by atoms with Crippen LogP contribution < -0.4 is 14.5 Å². The number of hydrazone groups is 1. The van der Waals surface area contributed by atoms with Crippen molar-refractivity contribution in [3.8, 4) is 11.5 Å². The van der Waals surface area contributed by atoms with Gasteiger partial charge in [0.15, 0.2) is 11.5 Å². The third kappa shape index (κ3) is 4.07. The third-order valence-electron chi connectivity index (χ3n) is 4.13. The highest BCUT2D eigenvalue weighted by Gasteiger charge is 2.28. The number of carbonyl (C=O) groups is 2. The summed E-state index contributed by atoms with van der Waals surface area (Å²) in [6, 6.07) is 12.0. The lowest BCUT2D eigenvalue weighted by molar-refractivity contribution is -0.134.